The molecular formula is C16H17IN4O2. The highest BCUT2D eigenvalue weighted by Crippen LogP contribution is 2.22. The molecule has 2 aromatic carbocycles. The maximum absolute atomic E-state index is 5.79. The molecule has 0 radical (unpaired) electrons. The topological polar surface area (TPSA) is 95.2 Å². The van der Waals surface area contributed by atoms with Gasteiger partial charge in [0.2, 0.25) is 5.96 Å². The van der Waals surface area contributed by atoms with Gasteiger partial charge in [0.05, 0.1) is 13.3 Å². The molecule has 23 heavy (non-hydrogen) atoms. The fourth-order valence-corrected chi connectivity index (χ4v) is 2.21. The lowest BCUT2D eigenvalue weighted by molar-refractivity contribution is 0.296. The lowest BCUT2D eigenvalue weighted by atomic mass is 10.1. The summed E-state index contributed by atoms with van der Waals surface area (Å²) in [6.45, 7) is 0.383. The molecule has 2 aromatic rings. The van der Waals surface area contributed by atoms with Crippen LogP contribution in [0.15, 0.2) is 52.7 Å². The van der Waals surface area contributed by atoms with Crippen LogP contribution in [0.1, 0.15) is 11.1 Å². The summed E-state index contributed by atoms with van der Waals surface area (Å²) < 4.78 is 12.3. The van der Waals surface area contributed by atoms with Gasteiger partial charge >= 0.3 is 0 Å². The number of nitrogens with two attached hydrogens (primary N) is 2. The lowest BCUT2D eigenvalue weighted by Gasteiger charge is -2.11. The molecule has 4 N–H and O–H groups in total. The zero-order valence-corrected chi connectivity index (χ0v) is 14.7. The summed E-state index contributed by atoms with van der Waals surface area (Å²) in [7, 11) is 1.62. The SMILES string of the molecule is COc1ccc(C=NN=C(N)N)cc1COc1ccc(I)cc1. The summed E-state index contributed by atoms with van der Waals surface area (Å²) in [5.74, 6) is 1.46. The minimum atomic E-state index is -0.0861. The van der Waals surface area contributed by atoms with Gasteiger partial charge in [0.15, 0.2) is 0 Å². The quantitative estimate of drug-likeness (QED) is 0.323. The van der Waals surface area contributed by atoms with Crippen molar-refractivity contribution in [1.82, 2.24) is 0 Å². The smallest absolute Gasteiger partial charge is 0.211 e. The van der Waals surface area contributed by atoms with E-state index in [-0.39, 0.29) is 5.96 Å². The normalized spacial score (nSPS) is 10.5. The van der Waals surface area contributed by atoms with E-state index in [9.17, 15) is 0 Å². The number of methoxy groups -OCH3 is 1. The molecule has 2 rings (SSSR count). The van der Waals surface area contributed by atoms with Crippen LogP contribution < -0.4 is 20.9 Å². The van der Waals surface area contributed by atoms with Crippen LogP contribution in [0.25, 0.3) is 0 Å². The Balaban J connectivity index is 2.13. The fraction of sp³-hybridized carbons (Fsp3) is 0.125. The number of benzene rings is 2. The summed E-state index contributed by atoms with van der Waals surface area (Å²) in [5, 5.41) is 7.37. The summed E-state index contributed by atoms with van der Waals surface area (Å²) >= 11 is 2.25. The zero-order chi connectivity index (χ0) is 16.7. The summed E-state index contributed by atoms with van der Waals surface area (Å²) in [6.07, 6.45) is 1.56. The monoisotopic (exact) mass is 424 g/mol. The van der Waals surface area contributed by atoms with Crippen LogP contribution in [0.5, 0.6) is 11.5 Å². The highest BCUT2D eigenvalue weighted by molar-refractivity contribution is 14.1. The first-order valence-corrected chi connectivity index (χ1v) is 7.83. The molecule has 0 heterocycles. The van der Waals surface area contributed by atoms with Crippen molar-refractivity contribution >= 4 is 34.8 Å². The van der Waals surface area contributed by atoms with Crippen molar-refractivity contribution in [2.24, 2.45) is 21.7 Å². The van der Waals surface area contributed by atoms with E-state index < -0.39 is 0 Å². The Morgan fingerprint density at radius 2 is 1.91 bits per heavy atom. The van der Waals surface area contributed by atoms with Crippen LogP contribution in [0.2, 0.25) is 0 Å². The van der Waals surface area contributed by atoms with Crippen LogP contribution in [-0.4, -0.2) is 19.3 Å². The molecule has 0 amide bonds. The molecule has 0 spiro atoms. The summed E-state index contributed by atoms with van der Waals surface area (Å²) in [4.78, 5) is 0. The number of halogens is 1. The molecular weight excluding hydrogens is 407 g/mol. The first-order valence-electron chi connectivity index (χ1n) is 6.75. The van der Waals surface area contributed by atoms with Crippen molar-refractivity contribution in [1.29, 1.82) is 0 Å². The van der Waals surface area contributed by atoms with Gasteiger partial charge < -0.3 is 20.9 Å². The molecule has 0 saturated heterocycles. The molecule has 0 unspecified atom stereocenters. The third-order valence-electron chi connectivity index (χ3n) is 2.89. The Bertz CT molecular complexity index is 711. The maximum atomic E-state index is 5.79. The number of nitrogens with zero attached hydrogens (tertiary/aromatic N) is 2. The van der Waals surface area contributed by atoms with Crippen molar-refractivity contribution in [2.45, 2.75) is 6.61 Å². The van der Waals surface area contributed by atoms with Crippen molar-refractivity contribution in [3.8, 4) is 11.5 Å². The van der Waals surface area contributed by atoms with E-state index in [0.29, 0.717) is 6.61 Å². The molecule has 0 aliphatic rings. The second kappa shape index (κ2) is 8.37. The van der Waals surface area contributed by atoms with Crippen LogP contribution in [0.4, 0.5) is 0 Å². The van der Waals surface area contributed by atoms with E-state index in [4.69, 9.17) is 20.9 Å². The second-order valence-corrected chi connectivity index (χ2v) is 5.83. The van der Waals surface area contributed by atoms with E-state index in [1.54, 1.807) is 13.3 Å². The van der Waals surface area contributed by atoms with E-state index in [2.05, 4.69) is 32.8 Å². The maximum Gasteiger partial charge on any atom is 0.211 e. The average molecular weight is 424 g/mol. The second-order valence-electron chi connectivity index (χ2n) is 4.58. The van der Waals surface area contributed by atoms with Crippen LogP contribution >= 0.6 is 22.6 Å². The number of guanidine groups is 1. The van der Waals surface area contributed by atoms with Gasteiger partial charge in [0.1, 0.15) is 18.1 Å². The Morgan fingerprint density at radius 1 is 1.17 bits per heavy atom. The molecule has 120 valence electrons. The zero-order valence-electron chi connectivity index (χ0n) is 12.6. The van der Waals surface area contributed by atoms with Gasteiger partial charge in [0.25, 0.3) is 0 Å². The van der Waals surface area contributed by atoms with Gasteiger partial charge in [-0.1, -0.05) is 0 Å². The Morgan fingerprint density at radius 3 is 2.57 bits per heavy atom. The summed E-state index contributed by atoms with van der Waals surface area (Å²) in [5.41, 5.74) is 12.2. The van der Waals surface area contributed by atoms with Crippen molar-refractivity contribution in [2.75, 3.05) is 7.11 Å². The van der Waals surface area contributed by atoms with E-state index >= 15 is 0 Å². The van der Waals surface area contributed by atoms with Gasteiger partial charge in [-0.3, -0.25) is 0 Å². The van der Waals surface area contributed by atoms with E-state index in [1.807, 2.05) is 42.5 Å². The molecule has 0 saturated carbocycles. The van der Waals surface area contributed by atoms with Gasteiger partial charge in [-0.25, -0.2) is 0 Å². The first-order chi connectivity index (χ1) is 11.1. The van der Waals surface area contributed by atoms with Crippen LogP contribution in [0.3, 0.4) is 0 Å². The largest absolute Gasteiger partial charge is 0.496 e. The van der Waals surface area contributed by atoms with Crippen LogP contribution in [0, 0.1) is 3.57 Å². The highest BCUT2D eigenvalue weighted by Gasteiger charge is 2.05. The summed E-state index contributed by atoms with van der Waals surface area (Å²) in [6, 6.07) is 13.5. The number of rotatable bonds is 6. The number of hydrogen-bond acceptors (Lipinski definition) is 4. The minimum absolute atomic E-state index is 0.0861. The third kappa shape index (κ3) is 5.44. The van der Waals surface area contributed by atoms with Crippen molar-refractivity contribution in [3.63, 3.8) is 0 Å². The lowest BCUT2D eigenvalue weighted by Crippen LogP contribution is -2.21. The third-order valence-corrected chi connectivity index (χ3v) is 3.61. The molecule has 6 nitrogen and oxygen atoms in total. The van der Waals surface area contributed by atoms with E-state index in [0.717, 1.165) is 26.2 Å². The molecule has 0 fully saturated rings. The molecule has 0 aliphatic carbocycles. The van der Waals surface area contributed by atoms with E-state index in [1.165, 1.54) is 0 Å². The first kappa shape index (κ1) is 17.1. The average Bonchev–Trinajstić information content (AvgIpc) is 2.54. The molecule has 0 atom stereocenters. The fourth-order valence-electron chi connectivity index (χ4n) is 1.85. The predicted octanol–water partition coefficient (Wildman–Crippen LogP) is 2.49. The molecule has 7 heteroatoms. The molecule has 0 bridgehead atoms. The van der Waals surface area contributed by atoms with Gasteiger partial charge in [-0.15, -0.1) is 5.10 Å². The Labute approximate surface area is 148 Å². The van der Waals surface area contributed by atoms with Crippen molar-refractivity contribution < 1.29 is 9.47 Å². The van der Waals surface area contributed by atoms with Gasteiger partial charge in [-0.05, 0) is 70.6 Å². The number of hydrogen-bond donors (Lipinski definition) is 2. The van der Waals surface area contributed by atoms with Crippen LogP contribution in [-0.2, 0) is 6.61 Å². The number of ether oxygens (including phenoxy) is 2. The van der Waals surface area contributed by atoms with Gasteiger partial charge in [0, 0.05) is 9.13 Å². The standard InChI is InChI=1S/C16H17IN4O2/c1-22-15-7-2-11(9-20-21-16(18)19)8-12(15)10-23-14-5-3-13(17)4-6-14/h2-9H,10H2,1H3,(H4,18,19,21). The molecule has 0 aliphatic heterocycles. The predicted molar refractivity (Wildman–Crippen MR) is 99.9 cm³/mol. The highest BCUT2D eigenvalue weighted by atomic mass is 127. The minimum Gasteiger partial charge on any atom is -0.496 e. The van der Waals surface area contributed by atoms with Gasteiger partial charge in [-0.2, -0.15) is 5.10 Å². The Kier molecular flexibility index (Phi) is 6.21. The van der Waals surface area contributed by atoms with Crippen molar-refractivity contribution in [3.05, 3.63) is 57.2 Å². The Hall–Kier alpha value is -2.29. The molecule has 0 aromatic heterocycles.